The quantitative estimate of drug-likeness (QED) is 0.425. The number of furan rings is 1. The third-order valence-corrected chi connectivity index (χ3v) is 6.20. The van der Waals surface area contributed by atoms with Gasteiger partial charge in [0.25, 0.3) is 5.91 Å². The topological polar surface area (TPSA) is 75.7 Å². The highest BCUT2D eigenvalue weighted by Gasteiger charge is 2.35. The molecule has 1 saturated heterocycles. The Labute approximate surface area is 186 Å². The Morgan fingerprint density at radius 2 is 1.87 bits per heavy atom. The van der Waals surface area contributed by atoms with Gasteiger partial charge in [0.05, 0.1) is 15.5 Å². The lowest BCUT2D eigenvalue weighted by atomic mass is 10.1. The summed E-state index contributed by atoms with van der Waals surface area (Å²) < 4.78 is 8.03. The van der Waals surface area contributed by atoms with Gasteiger partial charge >= 0.3 is 5.97 Å². The van der Waals surface area contributed by atoms with Crippen LogP contribution in [0.2, 0.25) is 5.02 Å². The Bertz CT molecular complexity index is 1220. The molecule has 2 aromatic heterocycles. The number of hydrogen-bond donors (Lipinski definition) is 1. The number of carboxylic acid groups (broad SMARTS) is 1. The predicted octanol–water partition coefficient (Wildman–Crippen LogP) is 5.25. The second-order valence-corrected chi connectivity index (χ2v) is 8.71. The van der Waals surface area contributed by atoms with Crippen molar-refractivity contribution in [2.45, 2.75) is 13.8 Å². The van der Waals surface area contributed by atoms with E-state index in [1.807, 2.05) is 26.0 Å². The standard InChI is InChI=1S/C21H15ClN2O4S2/c1-11-3-4-12(2)23(11)24-19(25)18(30-21(24)29)10-14-6-8-17(28-14)15-9-13(20(26)27)5-7-16(15)22/h3-10H,1-2H3,(H,26,27)/b18-10+. The molecule has 0 bridgehead atoms. The number of benzene rings is 1. The van der Waals surface area contributed by atoms with Crippen molar-refractivity contribution < 1.29 is 19.1 Å². The zero-order valence-electron chi connectivity index (χ0n) is 15.9. The molecular weight excluding hydrogens is 444 g/mol. The van der Waals surface area contributed by atoms with Crippen LogP contribution in [-0.4, -0.2) is 26.0 Å². The number of thioether (sulfide) groups is 1. The molecule has 1 amide bonds. The van der Waals surface area contributed by atoms with Crippen LogP contribution in [0.5, 0.6) is 0 Å². The number of nitrogens with zero attached hydrogens (tertiary/aromatic N) is 2. The molecule has 3 aromatic rings. The van der Waals surface area contributed by atoms with Crippen molar-refractivity contribution in [2.75, 3.05) is 5.01 Å². The van der Waals surface area contributed by atoms with Gasteiger partial charge in [-0.3, -0.25) is 9.47 Å². The molecule has 1 aliphatic rings. The molecular formula is C21H15ClN2O4S2. The number of aryl methyl sites for hydroxylation is 2. The average molecular weight is 459 g/mol. The number of carboxylic acids is 1. The molecule has 9 heteroatoms. The summed E-state index contributed by atoms with van der Waals surface area (Å²) in [5.41, 5.74) is 2.37. The van der Waals surface area contributed by atoms with Gasteiger partial charge in [0.1, 0.15) is 11.5 Å². The number of thiocarbonyl (C=S) groups is 1. The first kappa shape index (κ1) is 20.5. The van der Waals surface area contributed by atoms with Gasteiger partial charge in [-0.05, 0) is 68.5 Å². The fraction of sp³-hybridized carbons (Fsp3) is 0.0952. The van der Waals surface area contributed by atoms with Gasteiger partial charge < -0.3 is 9.52 Å². The third kappa shape index (κ3) is 3.58. The van der Waals surface area contributed by atoms with Crippen LogP contribution >= 0.6 is 35.6 Å². The van der Waals surface area contributed by atoms with Gasteiger partial charge in [0.15, 0.2) is 4.32 Å². The summed E-state index contributed by atoms with van der Waals surface area (Å²) >= 11 is 12.8. The summed E-state index contributed by atoms with van der Waals surface area (Å²) in [6, 6.07) is 11.6. The Kier molecular flexibility index (Phi) is 5.31. The summed E-state index contributed by atoms with van der Waals surface area (Å²) in [7, 11) is 0. The van der Waals surface area contributed by atoms with Crippen molar-refractivity contribution in [3.05, 3.63) is 75.1 Å². The van der Waals surface area contributed by atoms with Gasteiger partial charge in [-0.1, -0.05) is 23.4 Å². The molecule has 0 spiro atoms. The van der Waals surface area contributed by atoms with Crippen LogP contribution < -0.4 is 5.01 Å². The van der Waals surface area contributed by atoms with Gasteiger partial charge in [-0.25, -0.2) is 4.79 Å². The van der Waals surface area contributed by atoms with Crippen molar-refractivity contribution in [1.29, 1.82) is 0 Å². The smallest absolute Gasteiger partial charge is 0.335 e. The van der Waals surface area contributed by atoms with E-state index in [1.54, 1.807) is 22.9 Å². The number of halogens is 1. The number of rotatable bonds is 4. The van der Waals surface area contributed by atoms with E-state index in [0.29, 0.717) is 31.3 Å². The lowest BCUT2D eigenvalue weighted by molar-refractivity contribution is -0.114. The highest BCUT2D eigenvalue weighted by molar-refractivity contribution is 8.27. The molecule has 1 aliphatic heterocycles. The van der Waals surface area contributed by atoms with Crippen LogP contribution in [0.25, 0.3) is 17.4 Å². The Balaban J connectivity index is 1.66. The van der Waals surface area contributed by atoms with Crippen LogP contribution in [-0.2, 0) is 4.79 Å². The molecule has 0 unspecified atom stereocenters. The number of amides is 1. The highest BCUT2D eigenvalue weighted by Crippen LogP contribution is 2.35. The molecule has 0 atom stereocenters. The fourth-order valence-electron chi connectivity index (χ4n) is 3.16. The van der Waals surface area contributed by atoms with E-state index >= 15 is 0 Å². The molecule has 6 nitrogen and oxygen atoms in total. The molecule has 0 radical (unpaired) electrons. The highest BCUT2D eigenvalue weighted by atomic mass is 35.5. The summed E-state index contributed by atoms with van der Waals surface area (Å²) in [4.78, 5) is 24.6. The van der Waals surface area contributed by atoms with Crippen LogP contribution in [0.15, 0.2) is 51.8 Å². The zero-order chi connectivity index (χ0) is 21.6. The monoisotopic (exact) mass is 458 g/mol. The van der Waals surface area contributed by atoms with E-state index in [0.717, 1.165) is 11.4 Å². The van der Waals surface area contributed by atoms with Crippen LogP contribution in [0.4, 0.5) is 0 Å². The Hall–Kier alpha value is -2.81. The average Bonchev–Trinajstić information content (AvgIpc) is 3.36. The second kappa shape index (κ2) is 7.79. The van der Waals surface area contributed by atoms with Gasteiger partial charge in [-0.15, -0.1) is 0 Å². The minimum absolute atomic E-state index is 0.102. The molecule has 30 heavy (non-hydrogen) atoms. The van der Waals surface area contributed by atoms with Crippen molar-refractivity contribution >= 4 is 57.9 Å². The Morgan fingerprint density at radius 1 is 1.17 bits per heavy atom. The van der Waals surface area contributed by atoms with Crippen molar-refractivity contribution in [2.24, 2.45) is 0 Å². The molecule has 0 saturated carbocycles. The van der Waals surface area contributed by atoms with Crippen molar-refractivity contribution in [1.82, 2.24) is 4.68 Å². The summed E-state index contributed by atoms with van der Waals surface area (Å²) in [5, 5.41) is 11.0. The van der Waals surface area contributed by atoms with E-state index in [4.69, 9.17) is 28.2 Å². The third-order valence-electron chi connectivity index (χ3n) is 4.59. The van der Waals surface area contributed by atoms with Crippen LogP contribution in [0, 0.1) is 13.8 Å². The van der Waals surface area contributed by atoms with E-state index in [-0.39, 0.29) is 11.5 Å². The van der Waals surface area contributed by atoms with Gasteiger partial charge in [0.2, 0.25) is 0 Å². The lowest BCUT2D eigenvalue weighted by Gasteiger charge is -2.20. The predicted molar refractivity (Wildman–Crippen MR) is 121 cm³/mol. The van der Waals surface area contributed by atoms with Gasteiger partial charge in [-0.2, -0.15) is 5.01 Å². The molecule has 152 valence electrons. The number of carbonyl (C=O) groups is 2. The largest absolute Gasteiger partial charge is 0.478 e. The van der Waals surface area contributed by atoms with E-state index in [9.17, 15) is 14.7 Å². The summed E-state index contributed by atoms with van der Waals surface area (Å²) in [5.74, 6) is -0.458. The zero-order valence-corrected chi connectivity index (χ0v) is 18.3. The van der Waals surface area contributed by atoms with Gasteiger partial charge in [0, 0.05) is 23.0 Å². The van der Waals surface area contributed by atoms with Crippen molar-refractivity contribution in [3.63, 3.8) is 0 Å². The lowest BCUT2D eigenvalue weighted by Crippen LogP contribution is -2.39. The first-order chi connectivity index (χ1) is 14.3. The molecule has 1 aromatic carbocycles. The van der Waals surface area contributed by atoms with Crippen molar-refractivity contribution in [3.8, 4) is 11.3 Å². The molecule has 1 fully saturated rings. The minimum atomic E-state index is -1.06. The normalized spacial score (nSPS) is 15.4. The number of aromatic carboxylic acids is 1. The second-order valence-electron chi connectivity index (χ2n) is 6.62. The van der Waals surface area contributed by atoms with E-state index in [2.05, 4.69) is 0 Å². The van der Waals surface area contributed by atoms with Crippen LogP contribution in [0.3, 0.4) is 0 Å². The minimum Gasteiger partial charge on any atom is -0.478 e. The molecule has 1 N–H and O–H groups in total. The maximum atomic E-state index is 13.0. The first-order valence-electron chi connectivity index (χ1n) is 8.82. The Morgan fingerprint density at radius 3 is 2.53 bits per heavy atom. The first-order valence-corrected chi connectivity index (χ1v) is 10.4. The maximum absolute atomic E-state index is 13.0. The fourth-order valence-corrected chi connectivity index (χ4v) is 4.59. The summed E-state index contributed by atoms with van der Waals surface area (Å²) in [6.45, 7) is 3.81. The SMILES string of the molecule is Cc1ccc(C)n1N1C(=O)/C(=C\c2ccc(-c3cc(C(=O)O)ccc3Cl)o2)SC1=S. The molecule has 4 rings (SSSR count). The van der Waals surface area contributed by atoms with E-state index < -0.39 is 5.97 Å². The maximum Gasteiger partial charge on any atom is 0.335 e. The summed E-state index contributed by atoms with van der Waals surface area (Å²) in [6.07, 6.45) is 1.62. The number of carbonyl (C=O) groups excluding carboxylic acids is 1. The molecule has 0 aliphatic carbocycles. The number of aromatic nitrogens is 1. The van der Waals surface area contributed by atoms with Crippen LogP contribution in [0.1, 0.15) is 27.5 Å². The number of hydrogen-bond acceptors (Lipinski definition) is 5. The molecule has 3 heterocycles. The van der Waals surface area contributed by atoms with E-state index in [1.165, 1.54) is 35.0 Å².